The highest BCUT2D eigenvalue weighted by atomic mass is 32.1. The number of carbonyl (C=O) groups is 4. The zero-order valence-electron chi connectivity index (χ0n) is 32.8. The highest BCUT2D eigenvalue weighted by molar-refractivity contribution is 7.81. The number of alkyl halides is 3. The van der Waals surface area contributed by atoms with Crippen LogP contribution in [0.3, 0.4) is 0 Å². The van der Waals surface area contributed by atoms with Crippen LogP contribution in [0.2, 0.25) is 0 Å². The van der Waals surface area contributed by atoms with Crippen molar-refractivity contribution in [1.29, 1.82) is 5.26 Å². The van der Waals surface area contributed by atoms with Crippen molar-refractivity contribution in [1.82, 2.24) is 15.1 Å². The molecule has 14 nitrogen and oxygen atoms in total. The number of aliphatic hydroxyl groups is 1. The fourth-order valence-electron chi connectivity index (χ4n) is 7.51. The van der Waals surface area contributed by atoms with Crippen LogP contribution in [0.5, 0.6) is 5.75 Å². The number of nitrogens with one attached hydrogen (secondary N) is 3. The number of halogens is 3. The fraction of sp³-hybridized carbons (Fsp3) is 0.415. The number of imide groups is 1. The van der Waals surface area contributed by atoms with Crippen molar-refractivity contribution in [2.45, 2.75) is 63.8 Å². The first-order valence-electron chi connectivity index (χ1n) is 19.2. The number of ether oxygens (including phenoxy) is 1. The minimum atomic E-state index is -4.81. The Hall–Kier alpha value is -5.61. The Labute approximate surface area is 344 Å². The summed E-state index contributed by atoms with van der Waals surface area (Å²) >= 11 is 5.70. The van der Waals surface area contributed by atoms with Crippen molar-refractivity contribution in [3.63, 3.8) is 0 Å². The minimum absolute atomic E-state index is 0.00264. The number of nitrogens with zero attached hydrogens (tertiary/aromatic N) is 5. The normalized spacial score (nSPS) is 20.0. The van der Waals surface area contributed by atoms with Crippen LogP contribution in [0.25, 0.3) is 0 Å². The molecule has 0 aromatic heterocycles. The number of amides is 4. The Bertz CT molecular complexity index is 2180. The van der Waals surface area contributed by atoms with Crippen molar-refractivity contribution in [3.8, 4) is 11.8 Å². The summed E-state index contributed by atoms with van der Waals surface area (Å²) in [5.41, 5.74) is -0.495. The van der Waals surface area contributed by atoms with Crippen molar-refractivity contribution < 1.29 is 42.2 Å². The van der Waals surface area contributed by atoms with Crippen LogP contribution in [-0.2, 0) is 31.8 Å². The molecule has 4 N–H and O–H groups in total. The molecule has 3 aliphatic rings. The summed E-state index contributed by atoms with van der Waals surface area (Å²) in [5.74, 6) is -0.849. The number of aliphatic hydroxyl groups excluding tert-OH is 1. The number of thiocarbonyl (C=S) groups is 1. The average Bonchev–Trinajstić information content (AvgIpc) is 3.37. The lowest BCUT2D eigenvalue weighted by atomic mass is 10.0. The van der Waals surface area contributed by atoms with Gasteiger partial charge in [0.1, 0.15) is 23.9 Å². The molecule has 6 rings (SSSR count). The molecule has 3 aromatic carbocycles. The monoisotopic (exact) mass is 834 g/mol. The molecule has 0 radical (unpaired) electrons. The van der Waals surface area contributed by atoms with Gasteiger partial charge in [-0.3, -0.25) is 39.2 Å². The van der Waals surface area contributed by atoms with Gasteiger partial charge in [0.25, 0.3) is 5.91 Å². The third-order valence-corrected chi connectivity index (χ3v) is 11.0. The number of anilines is 4. The molecule has 3 heterocycles. The van der Waals surface area contributed by atoms with Gasteiger partial charge in [-0.15, -0.1) is 0 Å². The summed E-state index contributed by atoms with van der Waals surface area (Å²) in [6.07, 6.45) is -3.62. The quantitative estimate of drug-likeness (QED) is 0.143. The van der Waals surface area contributed by atoms with Gasteiger partial charge in [0.15, 0.2) is 5.11 Å². The maximum absolute atomic E-state index is 13.8. The smallest absolute Gasteiger partial charge is 0.417 e. The second kappa shape index (κ2) is 17.7. The van der Waals surface area contributed by atoms with Crippen molar-refractivity contribution in [3.05, 3.63) is 77.4 Å². The summed E-state index contributed by atoms with van der Waals surface area (Å²) in [4.78, 5) is 57.1. The van der Waals surface area contributed by atoms with Gasteiger partial charge in [0.05, 0.1) is 36.0 Å². The van der Waals surface area contributed by atoms with E-state index in [9.17, 15) is 42.7 Å². The van der Waals surface area contributed by atoms with E-state index >= 15 is 0 Å². The number of nitriles is 1. The first-order valence-corrected chi connectivity index (χ1v) is 19.6. The Kier molecular flexibility index (Phi) is 12.9. The molecule has 4 amide bonds. The zero-order chi connectivity index (χ0) is 42.6. The number of aryl methyl sites for hydroxylation is 1. The average molecular weight is 835 g/mol. The van der Waals surface area contributed by atoms with Gasteiger partial charge in [-0.05, 0) is 99.1 Å². The first kappa shape index (κ1) is 43.0. The first-order chi connectivity index (χ1) is 28.0. The largest absolute Gasteiger partial charge is 0.492 e. The zero-order valence-corrected chi connectivity index (χ0v) is 33.6. The molecule has 0 aliphatic carbocycles. The van der Waals surface area contributed by atoms with Crippen molar-refractivity contribution in [2.75, 3.05) is 66.4 Å². The van der Waals surface area contributed by atoms with Crippen LogP contribution in [0.1, 0.15) is 50.3 Å². The van der Waals surface area contributed by atoms with Crippen LogP contribution in [0, 0.1) is 11.3 Å². The standard InChI is InChI=1S/C41H45F3N8O6S/c1-4-25-18-30(52-39(59)51(38(57)40(52,2)3)29-9-8-26(21-45)32(20-29)41(42,43)44)10-12-34(25)58-17-16-49-14-15-50(31(22-49)24-53)23-36(55)47-28-7-5-6-27(19-28)46-33-11-13-35(54)48-37(33)56/h5-10,12,18-20,31,33,46,53H,4,11,13-17,22-24H2,1-3H3,(H,47,55)(H,48,54,56)/t31-,33?/m0/s1. The molecule has 3 fully saturated rings. The third kappa shape index (κ3) is 9.49. The SMILES string of the molecule is CCc1cc(N2C(=S)N(c3ccc(C#N)c(C(F)(F)F)c3)C(=O)C2(C)C)ccc1OCCN1CCN(CC(=O)Nc2cccc(NC3CCC(=O)NC3=O)c2)[C@H](CO)C1. The molecule has 312 valence electrons. The molecule has 18 heteroatoms. The molecule has 0 bridgehead atoms. The molecular formula is C41H45F3N8O6S. The lowest BCUT2D eigenvalue weighted by Crippen LogP contribution is -2.56. The molecule has 3 aromatic rings. The number of hydrogen-bond donors (Lipinski definition) is 4. The van der Waals surface area contributed by atoms with E-state index in [1.807, 2.05) is 17.9 Å². The third-order valence-electron chi connectivity index (χ3n) is 10.7. The van der Waals surface area contributed by atoms with E-state index in [1.165, 1.54) is 6.07 Å². The van der Waals surface area contributed by atoms with Crippen molar-refractivity contribution in [2.24, 2.45) is 0 Å². The second-order valence-corrected chi connectivity index (χ2v) is 15.4. The Morgan fingerprint density at radius 1 is 1.07 bits per heavy atom. The van der Waals surface area contributed by atoms with Gasteiger partial charge in [-0.2, -0.15) is 18.4 Å². The molecule has 2 atom stereocenters. The maximum Gasteiger partial charge on any atom is 0.417 e. The number of hydrogen-bond acceptors (Lipinski definition) is 11. The van der Waals surface area contributed by atoms with Gasteiger partial charge in [-0.25, -0.2) is 0 Å². The Balaban J connectivity index is 1.03. The van der Waals surface area contributed by atoms with E-state index in [4.69, 9.17) is 17.0 Å². The molecule has 3 aliphatic heterocycles. The lowest BCUT2D eigenvalue weighted by Gasteiger charge is -2.40. The Morgan fingerprint density at radius 2 is 1.81 bits per heavy atom. The number of carbonyl (C=O) groups excluding carboxylic acids is 4. The summed E-state index contributed by atoms with van der Waals surface area (Å²) in [5, 5.41) is 27.8. The topological polar surface area (TPSA) is 171 Å². The van der Waals surface area contributed by atoms with Crippen LogP contribution in [0.4, 0.5) is 35.9 Å². The van der Waals surface area contributed by atoms with Gasteiger partial charge in [0.2, 0.25) is 17.7 Å². The van der Waals surface area contributed by atoms with E-state index in [-0.39, 0.29) is 48.2 Å². The van der Waals surface area contributed by atoms with E-state index < -0.39 is 40.7 Å². The van der Waals surface area contributed by atoms with Gasteiger partial charge in [-0.1, -0.05) is 13.0 Å². The van der Waals surface area contributed by atoms with Crippen LogP contribution < -0.4 is 30.5 Å². The number of benzene rings is 3. The summed E-state index contributed by atoms with van der Waals surface area (Å²) < 4.78 is 47.5. The van der Waals surface area contributed by atoms with E-state index in [1.54, 1.807) is 61.2 Å². The fourth-order valence-corrected chi connectivity index (χ4v) is 8.03. The number of piperazine rings is 1. The number of rotatable bonds is 13. The maximum atomic E-state index is 13.8. The number of piperidine rings is 1. The van der Waals surface area contributed by atoms with E-state index in [0.717, 1.165) is 22.6 Å². The highest BCUT2D eigenvalue weighted by Crippen LogP contribution is 2.40. The van der Waals surface area contributed by atoms with Crippen LogP contribution in [-0.4, -0.2) is 107 Å². The summed E-state index contributed by atoms with van der Waals surface area (Å²) in [6, 6.07) is 16.1. The predicted octanol–water partition coefficient (Wildman–Crippen LogP) is 4.27. The van der Waals surface area contributed by atoms with Gasteiger partial charge in [0, 0.05) is 55.7 Å². The Morgan fingerprint density at radius 3 is 2.51 bits per heavy atom. The van der Waals surface area contributed by atoms with Crippen LogP contribution >= 0.6 is 12.2 Å². The molecule has 59 heavy (non-hydrogen) atoms. The summed E-state index contributed by atoms with van der Waals surface area (Å²) in [7, 11) is 0. The van der Waals surface area contributed by atoms with Crippen molar-refractivity contribution >= 4 is 63.7 Å². The minimum Gasteiger partial charge on any atom is -0.492 e. The molecule has 1 unspecified atom stereocenters. The summed E-state index contributed by atoms with van der Waals surface area (Å²) in [6.45, 7) is 7.69. The molecule has 0 spiro atoms. The van der Waals surface area contributed by atoms with Gasteiger partial charge < -0.3 is 25.4 Å². The second-order valence-electron chi connectivity index (χ2n) is 15.0. The lowest BCUT2D eigenvalue weighted by molar-refractivity contribution is -0.138. The highest BCUT2D eigenvalue weighted by Gasteiger charge is 2.51. The molecule has 0 saturated carbocycles. The van der Waals surface area contributed by atoms with E-state index in [2.05, 4.69) is 20.9 Å². The predicted molar refractivity (Wildman–Crippen MR) is 218 cm³/mol. The van der Waals surface area contributed by atoms with Gasteiger partial charge >= 0.3 is 6.18 Å². The van der Waals surface area contributed by atoms with Crippen LogP contribution in [0.15, 0.2) is 60.7 Å². The molecular weight excluding hydrogens is 790 g/mol. The van der Waals surface area contributed by atoms with E-state index in [0.29, 0.717) is 68.4 Å². The molecule has 3 saturated heterocycles.